The molecule has 5 rings (SSSR count). The molecular weight excluding hydrogens is 753 g/mol. The van der Waals surface area contributed by atoms with Crippen molar-refractivity contribution in [3.05, 3.63) is 138 Å². The predicted octanol–water partition coefficient (Wildman–Crippen LogP) is 6.08. The molecule has 49 heavy (non-hydrogen) atoms. The first kappa shape index (κ1) is 37.4. The Kier molecular flexibility index (Phi) is 14.9. The Morgan fingerprint density at radius 3 is 1.78 bits per heavy atom. The molecule has 1 amide bonds. The van der Waals surface area contributed by atoms with Gasteiger partial charge in [0.1, 0.15) is 37.7 Å². The van der Waals surface area contributed by atoms with E-state index in [1.54, 1.807) is 24.3 Å². The Bertz CT molecular complexity index is 1540. The Morgan fingerprint density at radius 2 is 1.29 bits per heavy atom. The van der Waals surface area contributed by atoms with Crippen molar-refractivity contribution in [2.75, 3.05) is 13.2 Å². The highest BCUT2D eigenvalue weighted by molar-refractivity contribution is 14.2. The van der Waals surface area contributed by atoms with Crippen LogP contribution < -0.4 is 15.6 Å². The highest BCUT2D eigenvalue weighted by Crippen LogP contribution is 2.44. The van der Waals surface area contributed by atoms with Crippen molar-refractivity contribution in [1.82, 2.24) is 10.9 Å². The monoisotopic (exact) mass is 794 g/mol. The van der Waals surface area contributed by atoms with Crippen LogP contribution in [0.1, 0.15) is 34.0 Å². The highest BCUT2D eigenvalue weighted by Gasteiger charge is 2.48. The number of carbonyl (C=O) groups is 1. The van der Waals surface area contributed by atoms with E-state index in [-0.39, 0.29) is 38.0 Å². The van der Waals surface area contributed by atoms with Crippen molar-refractivity contribution < 1.29 is 33.6 Å². The first-order valence-electron chi connectivity index (χ1n) is 16.1. The van der Waals surface area contributed by atoms with Crippen LogP contribution in [0.4, 0.5) is 0 Å². The van der Waals surface area contributed by atoms with Crippen molar-refractivity contribution in [3.8, 4) is 5.75 Å². The molecule has 4 aromatic rings. The van der Waals surface area contributed by atoms with Crippen LogP contribution in [0.15, 0.2) is 115 Å². The number of aliphatic hydroxyl groups excluding tert-OH is 1. The number of halogens is 1. The SMILES string of the molecule is [B]P(I)C(C)COc1ccc(C(=O)NNC2OC(CO)C(OCc3ccccc3)C(OCc3ccccc3)C2OCc2ccccc2)cc1. The van der Waals surface area contributed by atoms with E-state index in [9.17, 15) is 9.90 Å². The maximum absolute atomic E-state index is 13.3. The lowest BCUT2D eigenvalue weighted by atomic mass is 9.97. The maximum Gasteiger partial charge on any atom is 0.265 e. The third kappa shape index (κ3) is 11.3. The third-order valence-electron chi connectivity index (χ3n) is 8.03. The number of hydrazine groups is 1. The smallest absolute Gasteiger partial charge is 0.265 e. The minimum Gasteiger partial charge on any atom is -0.493 e. The first-order valence-corrected chi connectivity index (χ1v) is 20.4. The summed E-state index contributed by atoms with van der Waals surface area (Å²) in [6.45, 7) is 3.01. The van der Waals surface area contributed by atoms with Gasteiger partial charge in [0.15, 0.2) is 6.23 Å². The van der Waals surface area contributed by atoms with Crippen LogP contribution in [-0.4, -0.2) is 68.1 Å². The van der Waals surface area contributed by atoms with E-state index in [1.807, 2.05) is 97.9 Å². The molecule has 0 saturated carbocycles. The van der Waals surface area contributed by atoms with Gasteiger partial charge in [0.25, 0.3) is 5.91 Å². The summed E-state index contributed by atoms with van der Waals surface area (Å²) < 4.78 is 31.7. The van der Waals surface area contributed by atoms with Crippen LogP contribution in [0.2, 0.25) is 0 Å². The van der Waals surface area contributed by atoms with Gasteiger partial charge in [0.2, 0.25) is 0 Å². The molecule has 1 fully saturated rings. The summed E-state index contributed by atoms with van der Waals surface area (Å²) in [5.41, 5.74) is 8.71. The second-order valence-electron chi connectivity index (χ2n) is 11.7. The van der Waals surface area contributed by atoms with Gasteiger partial charge in [-0.15, -0.1) is 0 Å². The fourth-order valence-electron chi connectivity index (χ4n) is 5.25. The molecule has 1 saturated heterocycles. The van der Waals surface area contributed by atoms with Gasteiger partial charge in [-0.3, -0.25) is 10.2 Å². The number of benzene rings is 4. The van der Waals surface area contributed by atoms with Gasteiger partial charge < -0.3 is 28.8 Å². The summed E-state index contributed by atoms with van der Waals surface area (Å²) in [5.74, 6) is 0.271. The van der Waals surface area contributed by atoms with Gasteiger partial charge in [-0.2, -0.15) is 0 Å². The fourth-order valence-corrected chi connectivity index (χ4v) is 5.95. The van der Waals surface area contributed by atoms with Gasteiger partial charge in [0, 0.05) is 11.2 Å². The number of amides is 1. The lowest BCUT2D eigenvalue weighted by molar-refractivity contribution is -0.277. The lowest BCUT2D eigenvalue weighted by Gasteiger charge is -2.46. The Hall–Kier alpha value is -2.87. The minimum atomic E-state index is -0.898. The van der Waals surface area contributed by atoms with Crippen LogP contribution in [0.3, 0.4) is 0 Å². The zero-order valence-electron chi connectivity index (χ0n) is 27.3. The molecule has 3 N–H and O–H groups in total. The molecule has 9 nitrogen and oxygen atoms in total. The standard InChI is InChI=1S/C37H41BIN2O7P/c1-26(49(38)39)22-44-31-19-17-30(18-20-31)36(43)40-41-37-35(47-25-29-15-9-4-10-16-29)34(46-24-28-13-7-3-8-14-28)33(32(21-42)48-37)45-23-27-11-5-2-6-12-27/h2-20,26,32-35,37,41-42H,21-25H2,1H3,(H,40,43). The molecule has 7 unspecified atom stereocenters. The molecule has 1 aliphatic rings. The number of hydrogen-bond donors (Lipinski definition) is 3. The summed E-state index contributed by atoms with van der Waals surface area (Å²) in [6.07, 6.45) is -3.82. The van der Waals surface area contributed by atoms with Crippen molar-refractivity contribution >= 4 is 41.0 Å². The summed E-state index contributed by atoms with van der Waals surface area (Å²) in [7, 11) is 6.00. The summed E-state index contributed by atoms with van der Waals surface area (Å²) in [4.78, 5) is 13.3. The van der Waals surface area contributed by atoms with Crippen LogP contribution in [0.25, 0.3) is 0 Å². The molecule has 12 heteroatoms. The number of nitrogens with one attached hydrogen (secondary N) is 2. The number of rotatable bonds is 17. The van der Waals surface area contributed by atoms with Crippen molar-refractivity contribution in [2.24, 2.45) is 0 Å². The van der Waals surface area contributed by atoms with Crippen molar-refractivity contribution in [3.63, 3.8) is 0 Å². The molecule has 1 aliphatic heterocycles. The van der Waals surface area contributed by atoms with E-state index in [4.69, 9.17) is 31.3 Å². The van der Waals surface area contributed by atoms with E-state index < -0.39 is 36.1 Å². The molecule has 1 heterocycles. The normalized spacial score (nSPS) is 21.8. The molecule has 0 aromatic heterocycles. The van der Waals surface area contributed by atoms with Gasteiger partial charge in [0.05, 0.1) is 33.0 Å². The lowest BCUT2D eigenvalue weighted by Crippen LogP contribution is -2.66. The average Bonchev–Trinajstić information content (AvgIpc) is 3.15. The predicted molar refractivity (Wildman–Crippen MR) is 199 cm³/mol. The molecule has 7 atom stereocenters. The third-order valence-corrected chi connectivity index (χ3v) is 11.9. The second-order valence-corrected chi connectivity index (χ2v) is 16.6. The van der Waals surface area contributed by atoms with Gasteiger partial charge in [-0.25, -0.2) is 5.43 Å². The van der Waals surface area contributed by atoms with E-state index in [2.05, 4.69) is 32.9 Å². The first-order chi connectivity index (χ1) is 23.9. The van der Waals surface area contributed by atoms with Crippen LogP contribution in [0.5, 0.6) is 5.75 Å². The molecule has 4 aromatic carbocycles. The summed E-state index contributed by atoms with van der Waals surface area (Å²) in [6, 6.07) is 36.2. The Labute approximate surface area is 303 Å². The largest absolute Gasteiger partial charge is 0.493 e. The van der Waals surface area contributed by atoms with Gasteiger partial charge >= 0.3 is 0 Å². The average molecular weight is 794 g/mol. The highest BCUT2D eigenvalue weighted by atomic mass is 127. The van der Waals surface area contributed by atoms with Gasteiger partial charge in [-0.1, -0.05) is 125 Å². The van der Waals surface area contributed by atoms with Crippen LogP contribution >= 0.6 is 27.5 Å². The number of aliphatic hydroxyl groups is 1. The van der Waals surface area contributed by atoms with Crippen molar-refractivity contribution in [1.29, 1.82) is 0 Å². The molecule has 0 spiro atoms. The Balaban J connectivity index is 1.34. The zero-order chi connectivity index (χ0) is 34.4. The topological polar surface area (TPSA) is 108 Å². The second kappa shape index (κ2) is 19.5. The van der Waals surface area contributed by atoms with Crippen LogP contribution in [0, 0.1) is 0 Å². The molecule has 2 radical (unpaired) electrons. The minimum absolute atomic E-state index is 0.238. The van der Waals surface area contributed by atoms with E-state index in [0.29, 0.717) is 17.9 Å². The number of hydrogen-bond acceptors (Lipinski definition) is 8. The number of carbonyl (C=O) groups excluding carboxylic acids is 1. The quantitative estimate of drug-likeness (QED) is 0.0512. The molecular formula is C37H41BIN2O7P. The maximum atomic E-state index is 13.3. The Morgan fingerprint density at radius 1 is 0.796 bits per heavy atom. The number of ether oxygens (including phenoxy) is 5. The molecule has 0 aliphatic carbocycles. The van der Waals surface area contributed by atoms with E-state index in [0.717, 1.165) is 16.7 Å². The molecule has 256 valence electrons. The fraction of sp³-hybridized carbons (Fsp3) is 0.324. The van der Waals surface area contributed by atoms with E-state index in [1.165, 1.54) is 0 Å². The molecule has 0 bridgehead atoms. The zero-order valence-corrected chi connectivity index (χ0v) is 30.3. The van der Waals surface area contributed by atoms with Crippen molar-refractivity contribution in [2.45, 2.75) is 63.0 Å². The summed E-state index contributed by atoms with van der Waals surface area (Å²) in [5, 5.41) is 10.5. The summed E-state index contributed by atoms with van der Waals surface area (Å²) >= 11 is 2.24. The van der Waals surface area contributed by atoms with Crippen LogP contribution in [-0.2, 0) is 38.8 Å². The van der Waals surface area contributed by atoms with Gasteiger partial charge in [-0.05, 0) is 41.0 Å². The van der Waals surface area contributed by atoms with E-state index >= 15 is 0 Å².